The lowest BCUT2D eigenvalue weighted by Gasteiger charge is -2.09. The van der Waals surface area contributed by atoms with Crippen LogP contribution in [0, 0.1) is 18.2 Å². The van der Waals surface area contributed by atoms with Crippen molar-refractivity contribution >= 4 is 22.8 Å². The average molecular weight is 329 g/mol. The Kier molecular flexibility index (Phi) is 4.45. The van der Waals surface area contributed by atoms with Crippen molar-refractivity contribution in [2.45, 2.75) is 19.6 Å². The number of alkyl halides is 3. The second kappa shape index (κ2) is 6.16. The Morgan fingerprint density at radius 2 is 2.17 bits per heavy atom. The Bertz CT molecular complexity index is 790. The van der Waals surface area contributed by atoms with E-state index < -0.39 is 30.5 Å². The summed E-state index contributed by atoms with van der Waals surface area (Å²) in [6, 6.07) is 1.82. The molecule has 0 saturated carbocycles. The van der Waals surface area contributed by atoms with Crippen LogP contribution in [-0.4, -0.2) is 22.3 Å². The molecule has 0 saturated heterocycles. The van der Waals surface area contributed by atoms with Crippen LogP contribution in [0.15, 0.2) is 12.1 Å². The molecule has 1 amide bonds. The number of halogens is 4. The summed E-state index contributed by atoms with van der Waals surface area (Å²) >= 11 is 0. The average Bonchev–Trinajstić information content (AvgIpc) is 2.78. The van der Waals surface area contributed by atoms with Crippen molar-refractivity contribution in [3.05, 3.63) is 23.8 Å². The lowest BCUT2D eigenvalue weighted by Crippen LogP contribution is -2.15. The molecule has 23 heavy (non-hydrogen) atoms. The zero-order valence-electron chi connectivity index (χ0n) is 11.9. The Morgan fingerprint density at radius 1 is 1.48 bits per heavy atom. The van der Waals surface area contributed by atoms with Gasteiger partial charge in [0.15, 0.2) is 0 Å². The number of rotatable bonds is 3. The van der Waals surface area contributed by atoms with E-state index in [0.717, 1.165) is 16.7 Å². The van der Waals surface area contributed by atoms with Crippen LogP contribution in [-0.2, 0) is 17.5 Å². The fourth-order valence-electron chi connectivity index (χ4n) is 1.99. The number of imidazole rings is 1. The van der Waals surface area contributed by atoms with Gasteiger partial charge in [0.1, 0.15) is 5.82 Å². The number of hydrogen-bond donors (Lipinski definition) is 1. The van der Waals surface area contributed by atoms with Crippen molar-refractivity contribution in [2.75, 3.05) is 11.9 Å². The standard InChI is InChI=1S/C14H11F4N3O2/c1-3-5-21-11-7-9(20-13(22)23-4-2)8(15)6-10(11)19-12(21)14(16,17)18/h1,6-7H,4-5H2,2H3,(H,20,22). The predicted octanol–water partition coefficient (Wildman–Crippen LogP) is 3.40. The molecule has 0 aliphatic carbocycles. The minimum absolute atomic E-state index is 0.0523. The molecule has 0 fully saturated rings. The zero-order valence-corrected chi connectivity index (χ0v) is 11.9. The van der Waals surface area contributed by atoms with Gasteiger partial charge in [-0.3, -0.25) is 5.32 Å². The second-order valence-corrected chi connectivity index (χ2v) is 4.39. The van der Waals surface area contributed by atoms with E-state index in [-0.39, 0.29) is 23.3 Å². The largest absolute Gasteiger partial charge is 0.450 e. The summed E-state index contributed by atoms with van der Waals surface area (Å²) in [6.45, 7) is 1.20. The van der Waals surface area contributed by atoms with Crippen LogP contribution in [0.25, 0.3) is 11.0 Å². The van der Waals surface area contributed by atoms with Crippen molar-refractivity contribution in [1.29, 1.82) is 0 Å². The highest BCUT2D eigenvalue weighted by molar-refractivity contribution is 5.89. The minimum Gasteiger partial charge on any atom is -0.450 e. The molecule has 9 heteroatoms. The molecule has 1 aromatic heterocycles. The molecule has 0 radical (unpaired) electrons. The summed E-state index contributed by atoms with van der Waals surface area (Å²) in [6.07, 6.45) is -0.594. The minimum atomic E-state index is -4.75. The van der Waals surface area contributed by atoms with E-state index in [0.29, 0.717) is 0 Å². The van der Waals surface area contributed by atoms with Crippen molar-refractivity contribution in [1.82, 2.24) is 9.55 Å². The van der Waals surface area contributed by atoms with Gasteiger partial charge in [0.05, 0.1) is 29.9 Å². The Morgan fingerprint density at radius 3 is 2.74 bits per heavy atom. The van der Waals surface area contributed by atoms with Gasteiger partial charge in [-0.25, -0.2) is 14.2 Å². The fraction of sp³-hybridized carbons (Fsp3) is 0.286. The van der Waals surface area contributed by atoms with Gasteiger partial charge in [-0.15, -0.1) is 6.42 Å². The first-order chi connectivity index (χ1) is 10.8. The van der Waals surface area contributed by atoms with Gasteiger partial charge >= 0.3 is 12.3 Å². The van der Waals surface area contributed by atoms with Crippen molar-refractivity contribution in [3.8, 4) is 12.3 Å². The maximum Gasteiger partial charge on any atom is 0.449 e. The van der Waals surface area contributed by atoms with Gasteiger partial charge in [0, 0.05) is 6.07 Å². The molecular formula is C14H11F4N3O2. The van der Waals surface area contributed by atoms with Gasteiger partial charge < -0.3 is 9.30 Å². The number of fused-ring (bicyclic) bond motifs is 1. The molecule has 1 heterocycles. The SMILES string of the molecule is C#CCn1c(C(F)(F)F)nc2cc(F)c(NC(=O)OCC)cc21. The highest BCUT2D eigenvalue weighted by atomic mass is 19.4. The van der Waals surface area contributed by atoms with Gasteiger partial charge in [-0.2, -0.15) is 13.2 Å². The van der Waals surface area contributed by atoms with E-state index >= 15 is 0 Å². The smallest absolute Gasteiger partial charge is 0.449 e. The summed E-state index contributed by atoms with van der Waals surface area (Å²) in [4.78, 5) is 14.7. The molecule has 2 rings (SSSR count). The van der Waals surface area contributed by atoms with Gasteiger partial charge in [0.2, 0.25) is 5.82 Å². The van der Waals surface area contributed by atoms with Gasteiger partial charge in [-0.1, -0.05) is 5.92 Å². The van der Waals surface area contributed by atoms with Crippen molar-refractivity contribution in [3.63, 3.8) is 0 Å². The maximum absolute atomic E-state index is 13.9. The fourth-order valence-corrected chi connectivity index (χ4v) is 1.99. The summed E-state index contributed by atoms with van der Waals surface area (Å²) in [5.41, 5.74) is -0.606. The topological polar surface area (TPSA) is 56.2 Å². The monoisotopic (exact) mass is 329 g/mol. The van der Waals surface area contributed by atoms with E-state index in [1.165, 1.54) is 0 Å². The molecule has 0 atom stereocenters. The molecule has 0 aliphatic heterocycles. The molecule has 0 unspecified atom stereocenters. The highest BCUT2D eigenvalue weighted by Crippen LogP contribution is 2.33. The van der Waals surface area contributed by atoms with Crippen LogP contribution in [0.1, 0.15) is 12.7 Å². The molecule has 1 aromatic carbocycles. The number of carbonyl (C=O) groups is 1. The summed E-state index contributed by atoms with van der Waals surface area (Å²) in [5.74, 6) is -0.0909. The molecular weight excluding hydrogens is 318 g/mol. The zero-order chi connectivity index (χ0) is 17.2. The first kappa shape index (κ1) is 16.6. The molecule has 122 valence electrons. The van der Waals surface area contributed by atoms with Gasteiger partial charge in [0.25, 0.3) is 0 Å². The normalized spacial score (nSPS) is 11.3. The highest BCUT2D eigenvalue weighted by Gasteiger charge is 2.37. The number of hydrogen-bond acceptors (Lipinski definition) is 3. The number of nitrogens with zero attached hydrogens (tertiary/aromatic N) is 2. The van der Waals surface area contributed by atoms with Gasteiger partial charge in [-0.05, 0) is 13.0 Å². The van der Waals surface area contributed by atoms with Crippen LogP contribution in [0.3, 0.4) is 0 Å². The molecule has 5 nitrogen and oxygen atoms in total. The second-order valence-electron chi connectivity index (χ2n) is 4.39. The van der Waals surface area contributed by atoms with E-state index in [2.05, 4.69) is 21.0 Å². The van der Waals surface area contributed by atoms with Crippen LogP contribution in [0.4, 0.5) is 28.0 Å². The first-order valence-electron chi connectivity index (χ1n) is 6.42. The lowest BCUT2D eigenvalue weighted by atomic mass is 10.2. The van der Waals surface area contributed by atoms with Crippen molar-refractivity contribution < 1.29 is 27.1 Å². The quantitative estimate of drug-likeness (QED) is 0.694. The molecule has 0 aliphatic rings. The van der Waals surface area contributed by atoms with Crippen LogP contribution in [0.2, 0.25) is 0 Å². The number of carbonyl (C=O) groups excluding carboxylic acids is 1. The number of amides is 1. The third-order valence-electron chi connectivity index (χ3n) is 2.85. The number of anilines is 1. The molecule has 0 spiro atoms. The third-order valence-corrected chi connectivity index (χ3v) is 2.85. The van der Waals surface area contributed by atoms with E-state index in [1.54, 1.807) is 6.92 Å². The van der Waals surface area contributed by atoms with Crippen molar-refractivity contribution in [2.24, 2.45) is 0 Å². The van der Waals surface area contributed by atoms with E-state index in [4.69, 9.17) is 6.42 Å². The van der Waals surface area contributed by atoms with Crippen LogP contribution in [0.5, 0.6) is 0 Å². The maximum atomic E-state index is 13.9. The number of aromatic nitrogens is 2. The number of nitrogens with one attached hydrogen (secondary N) is 1. The third kappa shape index (κ3) is 3.36. The summed E-state index contributed by atoms with van der Waals surface area (Å²) in [7, 11) is 0. The van der Waals surface area contributed by atoms with E-state index in [9.17, 15) is 22.4 Å². The molecule has 0 bridgehead atoms. The number of benzene rings is 1. The number of ether oxygens (including phenoxy) is 1. The molecule has 2 aromatic rings. The first-order valence-corrected chi connectivity index (χ1v) is 6.42. The Hall–Kier alpha value is -2.76. The predicted molar refractivity (Wildman–Crippen MR) is 74.2 cm³/mol. The Labute approximate surface area is 128 Å². The summed E-state index contributed by atoms with van der Waals surface area (Å²) in [5, 5.41) is 2.11. The summed E-state index contributed by atoms with van der Waals surface area (Å²) < 4.78 is 58.2. The van der Waals surface area contributed by atoms with Crippen LogP contribution < -0.4 is 5.32 Å². The number of terminal acetylenes is 1. The van der Waals surface area contributed by atoms with E-state index in [1.807, 2.05) is 0 Å². The Balaban J connectivity index is 2.58. The van der Waals surface area contributed by atoms with Crippen LogP contribution >= 0.6 is 0 Å². The molecule has 1 N–H and O–H groups in total. The lowest BCUT2D eigenvalue weighted by molar-refractivity contribution is -0.146.